The number of nitrogens with zero attached hydrogens (tertiary/aromatic N) is 1. The maximum Gasteiger partial charge on any atom is 0.178 e. The summed E-state index contributed by atoms with van der Waals surface area (Å²) in [6, 6.07) is 17.7. The Hall–Kier alpha value is -2.36. The first-order valence-electron chi connectivity index (χ1n) is 8.44. The molecule has 0 aliphatic heterocycles. The van der Waals surface area contributed by atoms with Gasteiger partial charge in [-0.2, -0.15) is 5.26 Å². The molecule has 138 valence electrons. The fourth-order valence-corrected chi connectivity index (χ4v) is 4.47. The minimum Gasteiger partial charge on any atom is -0.497 e. The lowest BCUT2D eigenvalue weighted by atomic mass is 9.97. The van der Waals surface area contributed by atoms with Gasteiger partial charge in [0.05, 0.1) is 23.8 Å². The minimum atomic E-state index is -3.60. The summed E-state index contributed by atoms with van der Waals surface area (Å²) >= 11 is 0. The molecule has 2 atom stereocenters. The summed E-state index contributed by atoms with van der Waals surface area (Å²) in [5.74, 6) is -0.320. The van der Waals surface area contributed by atoms with Gasteiger partial charge in [-0.3, -0.25) is 0 Å². The molecule has 0 saturated heterocycles. The van der Waals surface area contributed by atoms with E-state index in [0.717, 1.165) is 12.0 Å². The van der Waals surface area contributed by atoms with Gasteiger partial charge in [-0.15, -0.1) is 0 Å². The van der Waals surface area contributed by atoms with E-state index >= 15 is 0 Å². The van der Waals surface area contributed by atoms with E-state index in [4.69, 9.17) is 10.00 Å². The molecular weight excluding hydrogens is 350 g/mol. The van der Waals surface area contributed by atoms with Crippen LogP contribution in [-0.4, -0.2) is 32.5 Å². The van der Waals surface area contributed by atoms with Crippen molar-refractivity contribution in [3.63, 3.8) is 0 Å². The van der Waals surface area contributed by atoms with Crippen molar-refractivity contribution in [2.75, 3.05) is 12.9 Å². The Balaban J connectivity index is 2.04. The second-order valence-corrected chi connectivity index (χ2v) is 8.20. The van der Waals surface area contributed by atoms with Crippen LogP contribution in [0.3, 0.4) is 0 Å². The number of sulfone groups is 1. The van der Waals surface area contributed by atoms with Gasteiger partial charge >= 0.3 is 0 Å². The predicted molar refractivity (Wildman–Crippen MR) is 99.5 cm³/mol. The van der Waals surface area contributed by atoms with E-state index in [1.54, 1.807) is 18.2 Å². The molecule has 0 heterocycles. The molecule has 0 saturated carbocycles. The van der Waals surface area contributed by atoms with Gasteiger partial charge in [-0.25, -0.2) is 8.42 Å². The van der Waals surface area contributed by atoms with Crippen LogP contribution in [-0.2, 0) is 16.3 Å². The third kappa shape index (κ3) is 5.58. The molecule has 2 rings (SSSR count). The summed E-state index contributed by atoms with van der Waals surface area (Å²) in [6.45, 7) is 0. The fourth-order valence-electron chi connectivity index (χ4n) is 2.81. The Bertz CT molecular complexity index is 826. The molecule has 6 heteroatoms. The van der Waals surface area contributed by atoms with Crippen LogP contribution in [0.5, 0.6) is 5.75 Å². The third-order valence-corrected chi connectivity index (χ3v) is 6.17. The lowest BCUT2D eigenvalue weighted by Gasteiger charge is -2.18. The van der Waals surface area contributed by atoms with Crippen LogP contribution >= 0.6 is 0 Å². The van der Waals surface area contributed by atoms with Crippen LogP contribution < -0.4 is 4.74 Å². The number of hydrogen-bond acceptors (Lipinski definition) is 5. The molecule has 0 spiro atoms. The van der Waals surface area contributed by atoms with Crippen molar-refractivity contribution < 1.29 is 18.3 Å². The average Bonchev–Trinajstić information content (AvgIpc) is 2.67. The zero-order valence-electron chi connectivity index (χ0n) is 14.7. The highest BCUT2D eigenvalue weighted by Gasteiger charge is 2.26. The van der Waals surface area contributed by atoms with Crippen LogP contribution in [0.25, 0.3) is 0 Å². The number of hydrogen-bond donors (Lipinski definition) is 1. The molecule has 0 aliphatic carbocycles. The second-order valence-electron chi connectivity index (χ2n) is 6.17. The Morgan fingerprint density at radius 2 is 1.77 bits per heavy atom. The summed E-state index contributed by atoms with van der Waals surface area (Å²) in [5, 5.41) is 19.0. The fraction of sp³-hybridized carbons (Fsp3) is 0.350. The van der Waals surface area contributed by atoms with Gasteiger partial charge < -0.3 is 9.84 Å². The summed E-state index contributed by atoms with van der Waals surface area (Å²) in [4.78, 5) is 0.163. The number of aliphatic hydroxyl groups is 1. The molecule has 0 fully saturated rings. The first-order chi connectivity index (χ1) is 12.5. The highest BCUT2D eigenvalue weighted by Crippen LogP contribution is 2.22. The van der Waals surface area contributed by atoms with Crippen LogP contribution in [0.1, 0.15) is 18.4 Å². The first-order valence-corrected chi connectivity index (χ1v) is 10.1. The van der Waals surface area contributed by atoms with E-state index in [-0.39, 0.29) is 10.6 Å². The molecule has 2 aromatic rings. The Morgan fingerprint density at radius 3 is 2.35 bits per heavy atom. The molecule has 0 bridgehead atoms. The molecule has 2 unspecified atom stereocenters. The van der Waals surface area contributed by atoms with Crippen molar-refractivity contribution in [2.24, 2.45) is 5.92 Å². The van der Waals surface area contributed by atoms with Crippen molar-refractivity contribution in [3.05, 3.63) is 60.2 Å². The molecular formula is C20H23NO4S. The Labute approximate surface area is 154 Å². The van der Waals surface area contributed by atoms with Gasteiger partial charge in [0.15, 0.2) is 9.84 Å². The van der Waals surface area contributed by atoms with Crippen molar-refractivity contribution in [2.45, 2.75) is 30.3 Å². The van der Waals surface area contributed by atoms with E-state index in [1.807, 2.05) is 30.3 Å². The highest BCUT2D eigenvalue weighted by molar-refractivity contribution is 7.91. The van der Waals surface area contributed by atoms with E-state index in [0.29, 0.717) is 18.6 Å². The number of rotatable bonds is 9. The molecule has 0 aliphatic rings. The topological polar surface area (TPSA) is 87.4 Å². The van der Waals surface area contributed by atoms with Gasteiger partial charge in [-0.1, -0.05) is 30.3 Å². The molecule has 2 aromatic carbocycles. The van der Waals surface area contributed by atoms with E-state index in [9.17, 15) is 13.5 Å². The third-order valence-electron chi connectivity index (χ3n) is 4.31. The van der Waals surface area contributed by atoms with Crippen LogP contribution in [0.4, 0.5) is 0 Å². The maximum atomic E-state index is 12.6. The Kier molecular flexibility index (Phi) is 7.19. The lowest BCUT2D eigenvalue weighted by molar-refractivity contribution is 0.163. The van der Waals surface area contributed by atoms with E-state index < -0.39 is 21.9 Å². The zero-order valence-corrected chi connectivity index (χ0v) is 15.5. The summed E-state index contributed by atoms with van der Waals surface area (Å²) in [5.41, 5.74) is 1.15. The normalized spacial score (nSPS) is 13.6. The second kappa shape index (κ2) is 9.37. The van der Waals surface area contributed by atoms with Crippen LogP contribution in [0, 0.1) is 17.2 Å². The number of methoxy groups -OCH3 is 1. The van der Waals surface area contributed by atoms with Crippen molar-refractivity contribution in [1.82, 2.24) is 0 Å². The van der Waals surface area contributed by atoms with Crippen LogP contribution in [0.15, 0.2) is 59.5 Å². The predicted octanol–water partition coefficient (Wildman–Crippen LogP) is 2.99. The molecule has 5 nitrogen and oxygen atoms in total. The van der Waals surface area contributed by atoms with Crippen LogP contribution in [0.2, 0.25) is 0 Å². The average molecular weight is 373 g/mol. The molecule has 1 N–H and O–H groups in total. The summed E-state index contributed by atoms with van der Waals surface area (Å²) in [6.07, 6.45) is 0.626. The highest BCUT2D eigenvalue weighted by atomic mass is 32.2. The number of nitriles is 1. The number of aryl methyl sites for hydroxylation is 1. The quantitative estimate of drug-likeness (QED) is 0.683. The minimum absolute atomic E-state index is 0.163. The number of aliphatic hydroxyl groups excluding tert-OH is 1. The van der Waals surface area contributed by atoms with Crippen molar-refractivity contribution in [3.8, 4) is 11.8 Å². The standard InChI is InChI=1S/C20H23NO4S/c1-25-18-10-12-19(13-11-18)26(23,24)15-17(20(22)14-21)9-5-8-16-6-3-2-4-7-16/h2-4,6-7,10-13,17,20,22H,5,8-9,15H2,1H3. The van der Waals surface area contributed by atoms with Gasteiger partial charge in [0, 0.05) is 5.92 Å². The zero-order chi connectivity index (χ0) is 19.0. The molecule has 0 aromatic heterocycles. The monoisotopic (exact) mass is 373 g/mol. The van der Waals surface area contributed by atoms with E-state index in [2.05, 4.69) is 0 Å². The van der Waals surface area contributed by atoms with Gasteiger partial charge in [0.1, 0.15) is 11.9 Å². The first kappa shape index (κ1) is 20.0. The number of benzene rings is 2. The molecule has 26 heavy (non-hydrogen) atoms. The number of ether oxygens (including phenoxy) is 1. The lowest BCUT2D eigenvalue weighted by Crippen LogP contribution is -2.27. The smallest absolute Gasteiger partial charge is 0.178 e. The Morgan fingerprint density at radius 1 is 1.12 bits per heavy atom. The maximum absolute atomic E-state index is 12.6. The largest absolute Gasteiger partial charge is 0.497 e. The summed E-state index contributed by atoms with van der Waals surface area (Å²) in [7, 11) is -2.09. The molecule has 0 radical (unpaired) electrons. The van der Waals surface area contributed by atoms with Gasteiger partial charge in [0.25, 0.3) is 0 Å². The molecule has 0 amide bonds. The SMILES string of the molecule is COc1ccc(S(=O)(=O)CC(CCCc2ccccc2)C(O)C#N)cc1. The van der Waals surface area contributed by atoms with Crippen molar-refractivity contribution in [1.29, 1.82) is 5.26 Å². The van der Waals surface area contributed by atoms with E-state index in [1.165, 1.54) is 19.2 Å². The van der Waals surface area contributed by atoms with Gasteiger partial charge in [-0.05, 0) is 49.1 Å². The summed E-state index contributed by atoms with van der Waals surface area (Å²) < 4.78 is 30.3. The van der Waals surface area contributed by atoms with Gasteiger partial charge in [0.2, 0.25) is 0 Å². The van der Waals surface area contributed by atoms with Crippen molar-refractivity contribution >= 4 is 9.84 Å².